The fraction of sp³-hybridized carbons (Fsp3) is 0.261. The third-order valence-corrected chi connectivity index (χ3v) is 4.73. The maximum absolute atomic E-state index is 12.7. The van der Waals surface area contributed by atoms with Crippen molar-refractivity contribution in [2.75, 3.05) is 0 Å². The van der Waals surface area contributed by atoms with Crippen molar-refractivity contribution in [2.45, 2.75) is 40.7 Å². The van der Waals surface area contributed by atoms with Crippen molar-refractivity contribution in [3.8, 4) is 11.8 Å². The van der Waals surface area contributed by atoms with E-state index in [2.05, 4.69) is 16.5 Å². The molecule has 0 atom stereocenters. The molecule has 5 nitrogen and oxygen atoms in total. The number of nitrogens with zero attached hydrogens (tertiary/aromatic N) is 3. The molecule has 2 aromatic heterocycles. The highest BCUT2D eigenvalue weighted by Crippen LogP contribution is 2.25. The maximum Gasteiger partial charge on any atom is 0.354 e. The minimum atomic E-state index is -0.682. The predicted octanol–water partition coefficient (Wildman–Crippen LogP) is 4.88. The number of aromatic nitrogens is 2. The van der Waals surface area contributed by atoms with Gasteiger partial charge < -0.3 is 9.30 Å². The molecule has 3 rings (SSSR count). The first-order valence-electron chi connectivity index (χ1n) is 9.31. The average Bonchev–Trinajstić information content (AvgIpc) is 2.94. The molecule has 0 radical (unpaired) electrons. The SMILES string of the molecule is CCCn1c(C)cc(C=C(C#N)C(=O)Oc2cccc3ccc(C)nc23)c1C. The van der Waals surface area contributed by atoms with Gasteiger partial charge in [0.1, 0.15) is 17.2 Å². The van der Waals surface area contributed by atoms with Crippen molar-refractivity contribution in [1.82, 2.24) is 9.55 Å². The highest BCUT2D eigenvalue weighted by Gasteiger charge is 2.16. The van der Waals surface area contributed by atoms with Gasteiger partial charge in [0, 0.05) is 29.0 Å². The van der Waals surface area contributed by atoms with Crippen LogP contribution in [0.2, 0.25) is 0 Å². The minimum absolute atomic E-state index is 0.0404. The summed E-state index contributed by atoms with van der Waals surface area (Å²) in [6.45, 7) is 8.91. The van der Waals surface area contributed by atoms with Crippen molar-refractivity contribution in [3.05, 3.63) is 64.6 Å². The number of esters is 1. The number of fused-ring (bicyclic) bond motifs is 1. The van der Waals surface area contributed by atoms with E-state index < -0.39 is 5.97 Å². The lowest BCUT2D eigenvalue weighted by molar-refractivity contribution is -0.129. The summed E-state index contributed by atoms with van der Waals surface area (Å²) in [5.74, 6) is -0.331. The fourth-order valence-corrected chi connectivity index (χ4v) is 3.29. The highest BCUT2D eigenvalue weighted by atomic mass is 16.5. The summed E-state index contributed by atoms with van der Waals surface area (Å²) in [6.07, 6.45) is 2.61. The van der Waals surface area contributed by atoms with Crippen LogP contribution in [0.4, 0.5) is 0 Å². The smallest absolute Gasteiger partial charge is 0.354 e. The van der Waals surface area contributed by atoms with Crippen molar-refractivity contribution in [1.29, 1.82) is 5.26 Å². The Balaban J connectivity index is 1.94. The van der Waals surface area contributed by atoms with E-state index in [1.807, 2.05) is 51.1 Å². The Bertz CT molecular complexity index is 1120. The molecular weight excluding hydrogens is 350 g/mol. The predicted molar refractivity (Wildman–Crippen MR) is 110 cm³/mol. The standard InChI is InChI=1S/C23H23N3O2/c1-5-11-26-16(3)12-19(17(26)4)13-20(14-24)23(27)28-21-8-6-7-18-10-9-15(2)25-22(18)21/h6-10,12-13H,5,11H2,1-4H3. The van der Waals surface area contributed by atoms with Gasteiger partial charge in [0.25, 0.3) is 0 Å². The topological polar surface area (TPSA) is 67.9 Å². The van der Waals surface area contributed by atoms with Crippen LogP contribution in [0.15, 0.2) is 42.0 Å². The normalized spacial score (nSPS) is 11.5. The van der Waals surface area contributed by atoms with Gasteiger partial charge in [-0.05, 0) is 57.0 Å². The number of nitriles is 1. The number of hydrogen-bond donors (Lipinski definition) is 0. The summed E-state index contributed by atoms with van der Waals surface area (Å²) in [4.78, 5) is 17.1. The summed E-state index contributed by atoms with van der Waals surface area (Å²) in [7, 11) is 0. The number of pyridine rings is 1. The Morgan fingerprint density at radius 2 is 2.04 bits per heavy atom. The summed E-state index contributed by atoms with van der Waals surface area (Å²) in [6, 6.07) is 13.2. The molecule has 2 heterocycles. The molecule has 1 aromatic carbocycles. The molecule has 0 bridgehead atoms. The van der Waals surface area contributed by atoms with Crippen molar-refractivity contribution in [2.24, 2.45) is 0 Å². The summed E-state index contributed by atoms with van der Waals surface area (Å²) in [5.41, 5.74) is 4.38. The highest BCUT2D eigenvalue weighted by molar-refractivity contribution is 6.00. The molecule has 0 amide bonds. The molecular formula is C23H23N3O2. The quantitative estimate of drug-likeness (QED) is 0.276. The first kappa shape index (κ1) is 19.4. The lowest BCUT2D eigenvalue weighted by Gasteiger charge is -2.08. The number of hydrogen-bond acceptors (Lipinski definition) is 4. The molecule has 0 aliphatic heterocycles. The zero-order valence-electron chi connectivity index (χ0n) is 16.6. The molecule has 0 N–H and O–H groups in total. The van der Waals surface area contributed by atoms with Crippen LogP contribution >= 0.6 is 0 Å². The van der Waals surface area contributed by atoms with Gasteiger partial charge >= 0.3 is 5.97 Å². The Labute approximate surface area is 164 Å². The van der Waals surface area contributed by atoms with E-state index in [4.69, 9.17) is 4.74 Å². The van der Waals surface area contributed by atoms with Gasteiger partial charge in [-0.15, -0.1) is 0 Å². The maximum atomic E-state index is 12.7. The van der Waals surface area contributed by atoms with E-state index in [1.54, 1.807) is 18.2 Å². The van der Waals surface area contributed by atoms with Gasteiger partial charge in [-0.1, -0.05) is 25.1 Å². The van der Waals surface area contributed by atoms with Crippen molar-refractivity contribution >= 4 is 22.9 Å². The first-order chi connectivity index (χ1) is 13.4. The number of rotatable bonds is 5. The van der Waals surface area contributed by atoms with Crippen LogP contribution in [-0.4, -0.2) is 15.5 Å². The summed E-state index contributed by atoms with van der Waals surface area (Å²) in [5, 5.41) is 10.4. The Hall–Kier alpha value is -3.39. The monoisotopic (exact) mass is 373 g/mol. The Kier molecular flexibility index (Phi) is 5.60. The fourth-order valence-electron chi connectivity index (χ4n) is 3.29. The van der Waals surface area contributed by atoms with Gasteiger partial charge in [0.05, 0.1) is 0 Å². The number of aryl methyl sites for hydroxylation is 2. The molecule has 0 aliphatic rings. The van der Waals surface area contributed by atoms with E-state index in [0.717, 1.165) is 41.0 Å². The molecule has 142 valence electrons. The number of carbonyl (C=O) groups excluding carboxylic acids is 1. The Morgan fingerprint density at radius 3 is 2.75 bits per heavy atom. The van der Waals surface area contributed by atoms with E-state index in [1.165, 1.54) is 0 Å². The largest absolute Gasteiger partial charge is 0.420 e. The lowest BCUT2D eigenvalue weighted by atomic mass is 10.1. The van der Waals surface area contributed by atoms with Crippen LogP contribution in [-0.2, 0) is 11.3 Å². The molecule has 0 saturated carbocycles. The number of benzene rings is 1. The minimum Gasteiger partial charge on any atom is -0.420 e. The second-order valence-corrected chi connectivity index (χ2v) is 6.82. The third-order valence-electron chi connectivity index (χ3n) is 4.73. The lowest BCUT2D eigenvalue weighted by Crippen LogP contribution is -2.11. The van der Waals surface area contributed by atoms with Crippen LogP contribution < -0.4 is 4.74 Å². The second kappa shape index (κ2) is 8.10. The van der Waals surface area contributed by atoms with Crippen LogP contribution in [0.5, 0.6) is 5.75 Å². The van der Waals surface area contributed by atoms with Crippen molar-refractivity contribution in [3.63, 3.8) is 0 Å². The zero-order chi connectivity index (χ0) is 20.3. The van der Waals surface area contributed by atoms with E-state index in [0.29, 0.717) is 11.3 Å². The van der Waals surface area contributed by atoms with Gasteiger partial charge in [-0.3, -0.25) is 0 Å². The van der Waals surface area contributed by atoms with E-state index in [9.17, 15) is 10.1 Å². The number of carbonyl (C=O) groups is 1. The molecule has 0 saturated heterocycles. The van der Waals surface area contributed by atoms with Crippen LogP contribution in [0, 0.1) is 32.1 Å². The van der Waals surface area contributed by atoms with Crippen molar-refractivity contribution < 1.29 is 9.53 Å². The van der Waals surface area contributed by atoms with Gasteiger partial charge in [0.15, 0.2) is 5.75 Å². The summed E-state index contributed by atoms with van der Waals surface area (Å²) >= 11 is 0. The zero-order valence-corrected chi connectivity index (χ0v) is 16.6. The average molecular weight is 373 g/mol. The molecule has 0 aliphatic carbocycles. The Morgan fingerprint density at radius 1 is 1.25 bits per heavy atom. The summed E-state index contributed by atoms with van der Waals surface area (Å²) < 4.78 is 7.72. The first-order valence-corrected chi connectivity index (χ1v) is 9.31. The van der Waals surface area contributed by atoms with Gasteiger partial charge in [-0.2, -0.15) is 5.26 Å². The number of ether oxygens (including phenoxy) is 1. The molecule has 3 aromatic rings. The molecule has 28 heavy (non-hydrogen) atoms. The molecule has 0 spiro atoms. The van der Waals surface area contributed by atoms with Crippen LogP contribution in [0.1, 0.15) is 36.0 Å². The van der Waals surface area contributed by atoms with Crippen LogP contribution in [0.3, 0.4) is 0 Å². The molecule has 0 unspecified atom stereocenters. The van der Waals surface area contributed by atoms with E-state index in [-0.39, 0.29) is 5.57 Å². The molecule has 5 heteroatoms. The number of para-hydroxylation sites is 1. The third kappa shape index (κ3) is 3.81. The molecule has 0 fully saturated rings. The van der Waals surface area contributed by atoms with Crippen LogP contribution in [0.25, 0.3) is 17.0 Å². The van der Waals surface area contributed by atoms with E-state index >= 15 is 0 Å². The van der Waals surface area contributed by atoms with Gasteiger partial charge in [0.2, 0.25) is 0 Å². The second-order valence-electron chi connectivity index (χ2n) is 6.82. The van der Waals surface area contributed by atoms with Gasteiger partial charge in [-0.25, -0.2) is 9.78 Å².